The molecule has 5 nitrogen and oxygen atoms in total. The lowest BCUT2D eigenvalue weighted by atomic mass is 10.1. The number of nitrogens with zero attached hydrogens (tertiary/aromatic N) is 2. The molecule has 0 radical (unpaired) electrons. The van der Waals surface area contributed by atoms with E-state index in [1.54, 1.807) is 0 Å². The van der Waals surface area contributed by atoms with Gasteiger partial charge in [0.25, 0.3) is 0 Å². The maximum absolute atomic E-state index is 11.3. The molecule has 2 aliphatic rings. The van der Waals surface area contributed by atoms with Crippen LogP contribution in [0.25, 0.3) is 0 Å². The number of nitrogens with one attached hydrogen (secondary N) is 2. The fraction of sp³-hybridized carbons (Fsp3) is 0.714. The number of fused-ring (bicyclic) bond motifs is 1. The van der Waals surface area contributed by atoms with E-state index < -0.39 is 0 Å². The van der Waals surface area contributed by atoms with E-state index in [1.165, 1.54) is 17.2 Å². The van der Waals surface area contributed by atoms with Crippen LogP contribution in [0.5, 0.6) is 0 Å². The van der Waals surface area contributed by atoms with E-state index in [1.807, 2.05) is 0 Å². The normalized spacial score (nSPS) is 22.4. The van der Waals surface area contributed by atoms with E-state index in [-0.39, 0.29) is 11.9 Å². The fourth-order valence-electron chi connectivity index (χ4n) is 3.09. The van der Waals surface area contributed by atoms with Crippen LogP contribution in [0.3, 0.4) is 0 Å². The molecule has 1 aromatic heterocycles. The van der Waals surface area contributed by atoms with Crippen molar-refractivity contribution in [1.29, 1.82) is 0 Å². The van der Waals surface area contributed by atoms with Crippen LogP contribution < -0.4 is 10.6 Å². The van der Waals surface area contributed by atoms with Crippen molar-refractivity contribution in [1.82, 2.24) is 20.2 Å². The van der Waals surface area contributed by atoms with Gasteiger partial charge in [0.05, 0.1) is 5.69 Å². The Morgan fingerprint density at radius 1 is 1.42 bits per heavy atom. The summed E-state index contributed by atoms with van der Waals surface area (Å²) in [5.74, 6) is 1.38. The summed E-state index contributed by atoms with van der Waals surface area (Å²) in [6.07, 6.45) is 4.81. The van der Waals surface area contributed by atoms with Gasteiger partial charge in [0, 0.05) is 50.6 Å². The molecule has 0 aromatic carbocycles. The number of hydrogen-bond donors (Lipinski definition) is 2. The van der Waals surface area contributed by atoms with E-state index in [4.69, 9.17) is 4.98 Å². The number of imidazole rings is 1. The van der Waals surface area contributed by atoms with Crippen molar-refractivity contribution in [3.63, 3.8) is 0 Å². The van der Waals surface area contributed by atoms with Crippen molar-refractivity contribution in [3.05, 3.63) is 17.2 Å². The lowest BCUT2D eigenvalue weighted by Crippen LogP contribution is -2.32. The van der Waals surface area contributed by atoms with Crippen LogP contribution in [0.2, 0.25) is 0 Å². The molecule has 3 heterocycles. The Balaban J connectivity index is 1.84. The van der Waals surface area contributed by atoms with Gasteiger partial charge >= 0.3 is 0 Å². The Morgan fingerprint density at radius 2 is 2.32 bits per heavy atom. The zero-order valence-corrected chi connectivity index (χ0v) is 11.5. The molecule has 2 aliphatic heterocycles. The Bertz CT molecular complexity index is 480. The minimum absolute atomic E-state index is 0.192. The number of aromatic nitrogens is 2. The summed E-state index contributed by atoms with van der Waals surface area (Å²) in [4.78, 5) is 16.1. The van der Waals surface area contributed by atoms with Gasteiger partial charge in [-0.25, -0.2) is 4.98 Å². The molecule has 1 unspecified atom stereocenters. The second kappa shape index (κ2) is 5.33. The lowest BCUT2D eigenvalue weighted by molar-refractivity contribution is -0.119. The van der Waals surface area contributed by atoms with Crippen LogP contribution in [0, 0.1) is 0 Å². The molecule has 1 fully saturated rings. The third kappa shape index (κ3) is 2.52. The first kappa shape index (κ1) is 12.7. The Morgan fingerprint density at radius 3 is 3.05 bits per heavy atom. The van der Waals surface area contributed by atoms with E-state index in [0.29, 0.717) is 6.42 Å². The van der Waals surface area contributed by atoms with Gasteiger partial charge in [-0.15, -0.1) is 0 Å². The maximum atomic E-state index is 11.3. The minimum Gasteiger partial charge on any atom is -0.352 e. The first-order chi connectivity index (χ1) is 9.28. The quantitative estimate of drug-likeness (QED) is 0.842. The molecular formula is C14H22N4O. The SMILES string of the molecule is CCCc1nc2c(n1CC1CCC(=O)N1)CCNC2. The second-order valence-electron chi connectivity index (χ2n) is 5.51. The van der Waals surface area contributed by atoms with Crippen LogP contribution >= 0.6 is 0 Å². The van der Waals surface area contributed by atoms with Gasteiger partial charge < -0.3 is 15.2 Å². The molecule has 0 bridgehead atoms. The molecule has 0 saturated carbocycles. The summed E-state index contributed by atoms with van der Waals surface area (Å²) in [7, 11) is 0. The van der Waals surface area contributed by atoms with Crippen molar-refractivity contribution in [3.8, 4) is 0 Å². The Labute approximate surface area is 113 Å². The van der Waals surface area contributed by atoms with E-state index >= 15 is 0 Å². The van der Waals surface area contributed by atoms with Crippen LogP contribution in [0.1, 0.15) is 43.4 Å². The van der Waals surface area contributed by atoms with Crippen LogP contribution in [0.15, 0.2) is 0 Å². The molecule has 0 aliphatic carbocycles. The number of aryl methyl sites for hydroxylation is 1. The highest BCUT2D eigenvalue weighted by molar-refractivity contribution is 5.78. The van der Waals surface area contributed by atoms with Crippen molar-refractivity contribution >= 4 is 5.91 Å². The second-order valence-corrected chi connectivity index (χ2v) is 5.51. The highest BCUT2D eigenvalue weighted by Gasteiger charge is 2.25. The summed E-state index contributed by atoms with van der Waals surface area (Å²) in [5.41, 5.74) is 2.59. The summed E-state index contributed by atoms with van der Waals surface area (Å²) in [5, 5.41) is 6.44. The molecule has 0 spiro atoms. The van der Waals surface area contributed by atoms with Crippen LogP contribution in [-0.4, -0.2) is 28.0 Å². The Hall–Kier alpha value is -1.36. The topological polar surface area (TPSA) is 59.0 Å². The van der Waals surface area contributed by atoms with Crippen molar-refractivity contribution in [2.75, 3.05) is 6.54 Å². The van der Waals surface area contributed by atoms with E-state index in [2.05, 4.69) is 22.1 Å². The zero-order valence-electron chi connectivity index (χ0n) is 11.5. The Kier molecular flexibility index (Phi) is 3.55. The molecule has 1 atom stereocenters. The third-order valence-electron chi connectivity index (χ3n) is 4.03. The third-order valence-corrected chi connectivity index (χ3v) is 4.03. The largest absolute Gasteiger partial charge is 0.352 e. The molecule has 1 saturated heterocycles. The average molecular weight is 262 g/mol. The highest BCUT2D eigenvalue weighted by atomic mass is 16.1. The van der Waals surface area contributed by atoms with Gasteiger partial charge in [0.1, 0.15) is 5.82 Å². The van der Waals surface area contributed by atoms with Gasteiger partial charge in [-0.05, 0) is 12.8 Å². The van der Waals surface area contributed by atoms with Gasteiger partial charge in [0.2, 0.25) is 5.91 Å². The first-order valence-electron chi connectivity index (χ1n) is 7.35. The standard InChI is InChI=1S/C14H22N4O/c1-2-3-13-17-11-8-15-7-6-12(11)18(13)9-10-4-5-14(19)16-10/h10,15H,2-9H2,1H3,(H,16,19). The fourth-order valence-corrected chi connectivity index (χ4v) is 3.09. The molecule has 19 heavy (non-hydrogen) atoms. The maximum Gasteiger partial charge on any atom is 0.220 e. The number of carbonyl (C=O) groups is 1. The predicted octanol–water partition coefficient (Wildman–Crippen LogP) is 0.760. The zero-order chi connectivity index (χ0) is 13.2. The number of amides is 1. The first-order valence-corrected chi connectivity index (χ1v) is 7.35. The van der Waals surface area contributed by atoms with Gasteiger partial charge in [-0.1, -0.05) is 6.92 Å². The van der Waals surface area contributed by atoms with E-state index in [9.17, 15) is 4.79 Å². The van der Waals surface area contributed by atoms with Gasteiger partial charge in [-0.2, -0.15) is 0 Å². The van der Waals surface area contributed by atoms with Crippen molar-refractivity contribution in [2.24, 2.45) is 0 Å². The molecule has 104 valence electrons. The van der Waals surface area contributed by atoms with E-state index in [0.717, 1.165) is 45.3 Å². The van der Waals surface area contributed by atoms with Crippen LogP contribution in [0.4, 0.5) is 0 Å². The predicted molar refractivity (Wildman–Crippen MR) is 72.8 cm³/mol. The number of carbonyl (C=O) groups excluding carboxylic acids is 1. The molecule has 2 N–H and O–H groups in total. The molecule has 3 rings (SSSR count). The molecule has 1 amide bonds. The molecular weight excluding hydrogens is 240 g/mol. The van der Waals surface area contributed by atoms with Crippen molar-refractivity contribution in [2.45, 2.75) is 58.2 Å². The van der Waals surface area contributed by atoms with Crippen molar-refractivity contribution < 1.29 is 4.79 Å². The summed E-state index contributed by atoms with van der Waals surface area (Å²) < 4.78 is 2.37. The monoisotopic (exact) mass is 262 g/mol. The number of rotatable bonds is 4. The summed E-state index contributed by atoms with van der Waals surface area (Å²) in [6.45, 7) is 4.99. The van der Waals surface area contributed by atoms with Gasteiger partial charge in [0.15, 0.2) is 0 Å². The summed E-state index contributed by atoms with van der Waals surface area (Å²) >= 11 is 0. The smallest absolute Gasteiger partial charge is 0.220 e. The lowest BCUT2D eigenvalue weighted by Gasteiger charge is -2.19. The molecule has 1 aromatic rings. The van der Waals surface area contributed by atoms with Gasteiger partial charge in [-0.3, -0.25) is 4.79 Å². The van der Waals surface area contributed by atoms with Crippen LogP contribution in [-0.2, 0) is 30.7 Å². The minimum atomic E-state index is 0.192. The molecule has 5 heteroatoms. The summed E-state index contributed by atoms with van der Waals surface area (Å²) in [6, 6.07) is 0.288. The average Bonchev–Trinajstić information content (AvgIpc) is 2.96. The number of hydrogen-bond acceptors (Lipinski definition) is 3. The highest BCUT2D eigenvalue weighted by Crippen LogP contribution is 2.20.